The third-order valence-corrected chi connectivity index (χ3v) is 3.56. The van der Waals surface area contributed by atoms with Crippen molar-refractivity contribution in [2.24, 2.45) is 5.92 Å². The van der Waals surface area contributed by atoms with Crippen molar-refractivity contribution < 1.29 is 4.79 Å². The highest BCUT2D eigenvalue weighted by atomic mass is 79.9. The molecule has 0 heterocycles. The number of halogens is 1. The van der Waals surface area contributed by atoms with E-state index in [1.165, 1.54) is 0 Å². The number of Topliss-reactive ketones (excluding diaryl/α,β-unsaturated/α-hetero) is 1. The van der Waals surface area contributed by atoms with Gasteiger partial charge in [0, 0.05) is 16.0 Å². The first-order valence-corrected chi connectivity index (χ1v) is 6.61. The minimum atomic E-state index is 0.165. The van der Waals surface area contributed by atoms with Crippen LogP contribution >= 0.6 is 15.9 Å². The van der Waals surface area contributed by atoms with E-state index in [4.69, 9.17) is 0 Å². The van der Waals surface area contributed by atoms with Gasteiger partial charge in [0.05, 0.1) is 0 Å². The molecule has 1 rings (SSSR count). The van der Waals surface area contributed by atoms with Gasteiger partial charge in [-0.2, -0.15) is 0 Å². The number of ketones is 1. The van der Waals surface area contributed by atoms with Crippen molar-refractivity contribution in [1.29, 1.82) is 0 Å². The van der Waals surface area contributed by atoms with Gasteiger partial charge in [0.15, 0.2) is 5.78 Å². The molecule has 1 aromatic carbocycles. The molecule has 0 aliphatic carbocycles. The molecular formula is C14H19BrO. The summed E-state index contributed by atoms with van der Waals surface area (Å²) < 4.78 is 1.04. The molecule has 0 atom stereocenters. The fourth-order valence-corrected chi connectivity index (χ4v) is 2.85. The van der Waals surface area contributed by atoms with E-state index in [1.807, 2.05) is 26.0 Å². The number of hydrogen-bond donors (Lipinski definition) is 0. The lowest BCUT2D eigenvalue weighted by Gasteiger charge is -2.15. The van der Waals surface area contributed by atoms with E-state index in [2.05, 4.69) is 29.8 Å². The molecule has 1 nitrogen and oxygen atoms in total. The summed E-state index contributed by atoms with van der Waals surface area (Å²) in [6, 6.07) is 4.03. The summed E-state index contributed by atoms with van der Waals surface area (Å²) in [5, 5.41) is 0. The number of rotatable bonds is 4. The van der Waals surface area contributed by atoms with Crippen molar-refractivity contribution in [3.8, 4) is 0 Å². The number of hydrogen-bond acceptors (Lipinski definition) is 1. The molecule has 0 radical (unpaired) electrons. The number of carbonyl (C=O) groups is 1. The maximum absolute atomic E-state index is 12.3. The van der Waals surface area contributed by atoms with Crippen LogP contribution in [0.4, 0.5) is 0 Å². The Morgan fingerprint density at radius 1 is 1.19 bits per heavy atom. The van der Waals surface area contributed by atoms with E-state index in [9.17, 15) is 4.79 Å². The molecule has 2 heteroatoms. The van der Waals surface area contributed by atoms with E-state index in [-0.39, 0.29) is 5.92 Å². The largest absolute Gasteiger partial charge is 0.294 e. The summed E-state index contributed by atoms with van der Waals surface area (Å²) in [4.78, 5) is 12.3. The number of carbonyl (C=O) groups excluding carboxylic acids is 1. The Bertz CT molecular complexity index is 369. The lowest BCUT2D eigenvalue weighted by molar-refractivity contribution is 0.0912. The first-order chi connectivity index (χ1) is 7.51. The molecule has 16 heavy (non-hydrogen) atoms. The van der Waals surface area contributed by atoms with Crippen molar-refractivity contribution in [1.82, 2.24) is 0 Å². The van der Waals surface area contributed by atoms with Crippen molar-refractivity contribution in [3.63, 3.8) is 0 Å². The smallest absolute Gasteiger partial charge is 0.166 e. The minimum absolute atomic E-state index is 0.165. The SMILES string of the molecule is CCC(CC)C(=O)c1c(C)cc(Br)cc1C. The van der Waals surface area contributed by atoms with Crippen LogP contribution in [0, 0.1) is 19.8 Å². The predicted octanol–water partition coefficient (Wildman–Crippen LogP) is 4.68. The zero-order valence-electron chi connectivity index (χ0n) is 10.4. The molecule has 0 aliphatic rings. The quantitative estimate of drug-likeness (QED) is 0.733. The first kappa shape index (κ1) is 13.4. The maximum Gasteiger partial charge on any atom is 0.166 e. The molecule has 0 unspecified atom stereocenters. The Balaban J connectivity index is 3.18. The standard InChI is InChI=1S/C14H19BrO/c1-5-11(6-2)14(16)13-9(3)7-12(15)8-10(13)4/h7-8,11H,5-6H2,1-4H3. The van der Waals surface area contributed by atoms with Crippen LogP contribution in [-0.4, -0.2) is 5.78 Å². The van der Waals surface area contributed by atoms with E-state index in [0.717, 1.165) is 34.0 Å². The third kappa shape index (κ3) is 2.73. The summed E-state index contributed by atoms with van der Waals surface area (Å²) >= 11 is 3.46. The molecule has 0 saturated carbocycles. The van der Waals surface area contributed by atoms with Crippen molar-refractivity contribution in [3.05, 3.63) is 33.3 Å². The fraction of sp³-hybridized carbons (Fsp3) is 0.500. The van der Waals surface area contributed by atoms with Gasteiger partial charge in [0.1, 0.15) is 0 Å². The molecule has 0 amide bonds. The van der Waals surface area contributed by atoms with Gasteiger partial charge in [-0.1, -0.05) is 29.8 Å². The Labute approximate surface area is 106 Å². The third-order valence-electron chi connectivity index (χ3n) is 3.10. The van der Waals surface area contributed by atoms with Crippen LogP contribution < -0.4 is 0 Å². The highest BCUT2D eigenvalue weighted by Crippen LogP contribution is 2.25. The first-order valence-electron chi connectivity index (χ1n) is 5.82. The van der Waals surface area contributed by atoms with E-state index >= 15 is 0 Å². The average Bonchev–Trinajstić information content (AvgIpc) is 2.17. The van der Waals surface area contributed by atoms with Crippen LogP contribution in [0.5, 0.6) is 0 Å². The van der Waals surface area contributed by atoms with Gasteiger partial charge < -0.3 is 0 Å². The van der Waals surface area contributed by atoms with Gasteiger partial charge in [0.2, 0.25) is 0 Å². The Kier molecular flexibility index (Phi) is 4.72. The van der Waals surface area contributed by atoms with Gasteiger partial charge in [-0.05, 0) is 49.9 Å². The number of aryl methyl sites for hydroxylation is 2. The number of benzene rings is 1. The van der Waals surface area contributed by atoms with Crippen LogP contribution in [0.25, 0.3) is 0 Å². The van der Waals surface area contributed by atoms with E-state index in [1.54, 1.807) is 0 Å². The van der Waals surface area contributed by atoms with Crippen LogP contribution in [0.1, 0.15) is 48.2 Å². The Morgan fingerprint density at radius 2 is 1.62 bits per heavy atom. The lowest BCUT2D eigenvalue weighted by atomic mass is 9.88. The second-order valence-electron chi connectivity index (χ2n) is 4.29. The van der Waals surface area contributed by atoms with Gasteiger partial charge in [-0.15, -0.1) is 0 Å². The molecule has 1 aromatic rings. The van der Waals surface area contributed by atoms with Crippen LogP contribution in [0.15, 0.2) is 16.6 Å². The highest BCUT2D eigenvalue weighted by molar-refractivity contribution is 9.10. The average molecular weight is 283 g/mol. The molecule has 0 bridgehead atoms. The molecule has 0 N–H and O–H groups in total. The predicted molar refractivity (Wildman–Crippen MR) is 72.0 cm³/mol. The maximum atomic E-state index is 12.3. The Morgan fingerprint density at radius 3 is 2.00 bits per heavy atom. The van der Waals surface area contributed by atoms with Gasteiger partial charge in [-0.25, -0.2) is 0 Å². The summed E-state index contributed by atoms with van der Waals surface area (Å²) in [6.45, 7) is 8.17. The van der Waals surface area contributed by atoms with Crippen molar-refractivity contribution in [2.45, 2.75) is 40.5 Å². The molecule has 88 valence electrons. The monoisotopic (exact) mass is 282 g/mol. The summed E-state index contributed by atoms with van der Waals surface area (Å²) in [5.74, 6) is 0.464. The van der Waals surface area contributed by atoms with E-state index in [0.29, 0.717) is 5.78 Å². The lowest BCUT2D eigenvalue weighted by Crippen LogP contribution is -2.15. The highest BCUT2D eigenvalue weighted by Gasteiger charge is 2.20. The van der Waals surface area contributed by atoms with Crippen LogP contribution in [0.3, 0.4) is 0 Å². The summed E-state index contributed by atoms with van der Waals surface area (Å²) in [6.07, 6.45) is 1.84. The molecule has 0 saturated heterocycles. The van der Waals surface area contributed by atoms with Crippen molar-refractivity contribution >= 4 is 21.7 Å². The molecule has 0 spiro atoms. The molecular weight excluding hydrogens is 264 g/mol. The normalized spacial score (nSPS) is 10.9. The fourth-order valence-electron chi connectivity index (χ4n) is 2.16. The summed E-state index contributed by atoms with van der Waals surface area (Å²) in [7, 11) is 0. The van der Waals surface area contributed by atoms with Gasteiger partial charge in [-0.3, -0.25) is 4.79 Å². The second-order valence-corrected chi connectivity index (χ2v) is 5.21. The Hall–Kier alpha value is -0.630. The van der Waals surface area contributed by atoms with E-state index < -0.39 is 0 Å². The molecule has 0 aliphatic heterocycles. The van der Waals surface area contributed by atoms with Crippen molar-refractivity contribution in [2.75, 3.05) is 0 Å². The molecule has 0 aromatic heterocycles. The summed E-state index contributed by atoms with van der Waals surface area (Å²) in [5.41, 5.74) is 3.06. The zero-order chi connectivity index (χ0) is 12.3. The minimum Gasteiger partial charge on any atom is -0.294 e. The van der Waals surface area contributed by atoms with Gasteiger partial charge >= 0.3 is 0 Å². The van der Waals surface area contributed by atoms with Gasteiger partial charge in [0.25, 0.3) is 0 Å². The zero-order valence-corrected chi connectivity index (χ0v) is 12.0. The topological polar surface area (TPSA) is 17.1 Å². The molecule has 0 fully saturated rings. The van der Waals surface area contributed by atoms with Crippen LogP contribution in [-0.2, 0) is 0 Å². The second kappa shape index (κ2) is 5.62. The van der Waals surface area contributed by atoms with Crippen LogP contribution in [0.2, 0.25) is 0 Å².